The molecule has 0 unspecified atom stereocenters. The molecule has 0 aliphatic heterocycles. The fraction of sp³-hybridized carbons (Fsp3) is 0.333. The Morgan fingerprint density at radius 3 is 2.79 bits per heavy atom. The highest BCUT2D eigenvalue weighted by atomic mass is 19.3. The molecule has 0 fully saturated rings. The molecule has 0 radical (unpaired) electrons. The maximum Gasteiger partial charge on any atom is 0.278 e. The number of H-pyrrole nitrogens is 1. The Balaban J connectivity index is 3.33. The van der Waals surface area contributed by atoms with E-state index in [1.165, 1.54) is 13.0 Å². The minimum absolute atomic E-state index is 0.128. The Morgan fingerprint density at radius 2 is 2.29 bits per heavy atom. The van der Waals surface area contributed by atoms with Gasteiger partial charge in [-0.25, -0.2) is 8.78 Å². The van der Waals surface area contributed by atoms with Gasteiger partial charge in [-0.3, -0.25) is 4.79 Å². The van der Waals surface area contributed by atoms with E-state index in [-0.39, 0.29) is 12.0 Å². The number of aromatic amines is 1. The van der Waals surface area contributed by atoms with Crippen molar-refractivity contribution in [2.75, 3.05) is 0 Å². The molecule has 0 aliphatic carbocycles. The molecule has 0 bridgehead atoms. The van der Waals surface area contributed by atoms with Crippen LogP contribution in [-0.2, 0) is 6.42 Å². The van der Waals surface area contributed by atoms with Gasteiger partial charge in [0.2, 0.25) is 0 Å². The van der Waals surface area contributed by atoms with Crippen molar-refractivity contribution >= 4 is 0 Å². The van der Waals surface area contributed by atoms with E-state index >= 15 is 0 Å². The first kappa shape index (κ1) is 10.4. The second-order valence-corrected chi connectivity index (χ2v) is 2.86. The smallest absolute Gasteiger partial charge is 0.278 e. The summed E-state index contributed by atoms with van der Waals surface area (Å²) in [4.78, 5) is 13.1. The third-order valence-electron chi connectivity index (χ3n) is 1.83. The topological polar surface area (TPSA) is 56.6 Å². The van der Waals surface area contributed by atoms with Gasteiger partial charge in [0.1, 0.15) is 0 Å². The van der Waals surface area contributed by atoms with Crippen LogP contribution in [0.3, 0.4) is 0 Å². The standard InChI is InChI=1S/C9H8F2N2O/c1-5-4-6(2-3-12)7(8(10)11)13-9(5)14/h4,8H,2H2,1H3,(H,13,14). The molecular formula is C9H8F2N2O. The van der Waals surface area contributed by atoms with Gasteiger partial charge in [0.25, 0.3) is 12.0 Å². The van der Waals surface area contributed by atoms with E-state index in [9.17, 15) is 13.6 Å². The summed E-state index contributed by atoms with van der Waals surface area (Å²) in [6.07, 6.45) is -2.89. The molecule has 74 valence electrons. The number of nitrogens with one attached hydrogen (secondary N) is 1. The summed E-state index contributed by atoms with van der Waals surface area (Å²) in [5.74, 6) is 0. The highest BCUT2D eigenvalue weighted by molar-refractivity contribution is 5.27. The summed E-state index contributed by atoms with van der Waals surface area (Å²) < 4.78 is 24.8. The Labute approximate surface area is 79.0 Å². The van der Waals surface area contributed by atoms with Crippen molar-refractivity contribution in [1.29, 1.82) is 5.26 Å². The number of nitrogens with zero attached hydrogens (tertiary/aromatic N) is 1. The Morgan fingerprint density at radius 1 is 1.64 bits per heavy atom. The largest absolute Gasteiger partial charge is 0.321 e. The minimum atomic E-state index is -2.76. The van der Waals surface area contributed by atoms with Crippen LogP contribution in [0.25, 0.3) is 0 Å². The molecule has 1 aromatic rings. The molecule has 3 nitrogen and oxygen atoms in total. The van der Waals surface area contributed by atoms with Crippen molar-refractivity contribution in [2.24, 2.45) is 0 Å². The normalized spacial score (nSPS) is 10.2. The minimum Gasteiger partial charge on any atom is -0.321 e. The molecule has 5 heteroatoms. The van der Waals surface area contributed by atoms with Crippen molar-refractivity contribution in [1.82, 2.24) is 4.98 Å². The lowest BCUT2D eigenvalue weighted by Gasteiger charge is -2.05. The van der Waals surface area contributed by atoms with Gasteiger partial charge in [0, 0.05) is 5.56 Å². The van der Waals surface area contributed by atoms with Gasteiger partial charge in [-0.1, -0.05) is 0 Å². The lowest BCUT2D eigenvalue weighted by atomic mass is 10.1. The third-order valence-corrected chi connectivity index (χ3v) is 1.83. The molecule has 0 spiro atoms. The van der Waals surface area contributed by atoms with Crippen LogP contribution in [0.4, 0.5) is 8.78 Å². The van der Waals surface area contributed by atoms with Gasteiger partial charge in [-0.05, 0) is 18.6 Å². The van der Waals surface area contributed by atoms with Crippen LogP contribution in [0.5, 0.6) is 0 Å². The Hall–Kier alpha value is -1.70. The van der Waals surface area contributed by atoms with Crippen LogP contribution in [0.15, 0.2) is 10.9 Å². The summed E-state index contributed by atoms with van der Waals surface area (Å²) in [7, 11) is 0. The number of rotatable bonds is 2. The second kappa shape index (κ2) is 4.01. The van der Waals surface area contributed by atoms with E-state index in [2.05, 4.69) is 4.98 Å². The molecule has 14 heavy (non-hydrogen) atoms. The molecule has 0 saturated heterocycles. The summed E-state index contributed by atoms with van der Waals surface area (Å²) in [6.45, 7) is 1.51. The van der Waals surface area contributed by atoms with Crippen molar-refractivity contribution in [2.45, 2.75) is 19.8 Å². The van der Waals surface area contributed by atoms with E-state index in [1.54, 1.807) is 6.07 Å². The van der Waals surface area contributed by atoms with Gasteiger partial charge in [-0.15, -0.1) is 0 Å². The number of nitriles is 1. The molecule has 0 atom stereocenters. The van der Waals surface area contributed by atoms with Crippen LogP contribution in [-0.4, -0.2) is 4.98 Å². The van der Waals surface area contributed by atoms with E-state index in [1.807, 2.05) is 0 Å². The SMILES string of the molecule is Cc1cc(CC#N)c(C(F)F)[nH]c1=O. The van der Waals surface area contributed by atoms with Gasteiger partial charge in [-0.2, -0.15) is 5.26 Å². The van der Waals surface area contributed by atoms with Gasteiger partial charge >= 0.3 is 0 Å². The van der Waals surface area contributed by atoms with Crippen LogP contribution < -0.4 is 5.56 Å². The summed E-state index contributed by atoms with van der Waals surface area (Å²) in [5, 5.41) is 8.40. The first-order valence-electron chi connectivity index (χ1n) is 3.94. The molecule has 1 aromatic heterocycles. The quantitative estimate of drug-likeness (QED) is 0.786. The summed E-state index contributed by atoms with van der Waals surface area (Å²) >= 11 is 0. The van der Waals surface area contributed by atoms with E-state index in [0.717, 1.165) is 0 Å². The molecule has 0 saturated carbocycles. The zero-order chi connectivity index (χ0) is 10.7. The maximum absolute atomic E-state index is 12.4. The van der Waals surface area contributed by atoms with Gasteiger partial charge in [0.05, 0.1) is 18.2 Å². The molecular weight excluding hydrogens is 190 g/mol. The maximum atomic E-state index is 12.4. The second-order valence-electron chi connectivity index (χ2n) is 2.86. The fourth-order valence-corrected chi connectivity index (χ4v) is 1.13. The molecule has 0 aliphatic rings. The van der Waals surface area contributed by atoms with Crippen LogP contribution in [0.1, 0.15) is 23.2 Å². The van der Waals surface area contributed by atoms with Gasteiger partial charge in [0.15, 0.2) is 0 Å². The molecule has 1 N–H and O–H groups in total. The number of hydrogen-bond acceptors (Lipinski definition) is 2. The zero-order valence-corrected chi connectivity index (χ0v) is 7.47. The number of hydrogen-bond donors (Lipinski definition) is 1. The van der Waals surface area contributed by atoms with Gasteiger partial charge < -0.3 is 4.98 Å². The van der Waals surface area contributed by atoms with Crippen molar-refractivity contribution in [3.05, 3.63) is 33.2 Å². The number of pyridine rings is 1. The van der Waals surface area contributed by atoms with Crippen molar-refractivity contribution in [3.63, 3.8) is 0 Å². The lowest BCUT2D eigenvalue weighted by Crippen LogP contribution is -2.14. The summed E-state index contributed by atoms with van der Waals surface area (Å²) in [5.41, 5.74) is -0.483. The lowest BCUT2D eigenvalue weighted by molar-refractivity contribution is 0.144. The first-order chi connectivity index (χ1) is 6.56. The molecule has 0 amide bonds. The Bertz CT molecular complexity index is 431. The predicted molar refractivity (Wildman–Crippen MR) is 46.1 cm³/mol. The zero-order valence-electron chi connectivity index (χ0n) is 7.47. The third kappa shape index (κ3) is 1.96. The molecule has 0 aromatic carbocycles. The first-order valence-corrected chi connectivity index (χ1v) is 3.94. The highest BCUT2D eigenvalue weighted by Gasteiger charge is 2.14. The van der Waals surface area contributed by atoms with Crippen LogP contribution in [0, 0.1) is 18.3 Å². The monoisotopic (exact) mass is 198 g/mol. The average Bonchev–Trinajstić information content (AvgIpc) is 2.11. The number of aromatic nitrogens is 1. The average molecular weight is 198 g/mol. The van der Waals surface area contributed by atoms with E-state index in [0.29, 0.717) is 5.56 Å². The Kier molecular flexibility index (Phi) is 2.97. The fourth-order valence-electron chi connectivity index (χ4n) is 1.13. The van der Waals surface area contributed by atoms with Crippen molar-refractivity contribution < 1.29 is 8.78 Å². The van der Waals surface area contributed by atoms with E-state index in [4.69, 9.17) is 5.26 Å². The van der Waals surface area contributed by atoms with E-state index < -0.39 is 17.7 Å². The summed E-state index contributed by atoms with van der Waals surface area (Å²) in [6, 6.07) is 3.09. The van der Waals surface area contributed by atoms with Crippen LogP contribution in [0.2, 0.25) is 0 Å². The van der Waals surface area contributed by atoms with Crippen molar-refractivity contribution in [3.8, 4) is 6.07 Å². The van der Waals surface area contributed by atoms with Crippen LogP contribution >= 0.6 is 0 Å². The molecule has 1 rings (SSSR count). The highest BCUT2D eigenvalue weighted by Crippen LogP contribution is 2.20. The number of alkyl halides is 2. The predicted octanol–water partition coefficient (Wildman–Crippen LogP) is 1.69. The number of halogens is 2. The molecule has 1 heterocycles. The number of aryl methyl sites for hydroxylation is 1.